The third-order valence-electron chi connectivity index (χ3n) is 4.46. The molecule has 0 amide bonds. The van der Waals surface area contributed by atoms with Crippen molar-refractivity contribution in [1.29, 1.82) is 0 Å². The van der Waals surface area contributed by atoms with Crippen LogP contribution in [-0.4, -0.2) is 23.4 Å². The summed E-state index contributed by atoms with van der Waals surface area (Å²) in [6.07, 6.45) is 1.50. The van der Waals surface area contributed by atoms with Crippen LogP contribution in [0.5, 0.6) is 0 Å². The minimum atomic E-state index is -3.85. The Morgan fingerprint density at radius 2 is 1.68 bits per heavy atom. The van der Waals surface area contributed by atoms with Crippen LogP contribution in [0.3, 0.4) is 0 Å². The van der Waals surface area contributed by atoms with Crippen molar-refractivity contribution in [3.8, 4) is 0 Å². The molecule has 133 valence electrons. The predicted molar refractivity (Wildman–Crippen MR) is 92.3 cm³/mol. The second kappa shape index (κ2) is 5.38. The molecule has 3 rings (SSSR count). The summed E-state index contributed by atoms with van der Waals surface area (Å²) in [6.45, 7) is 7.07. The Balaban J connectivity index is 1.99. The van der Waals surface area contributed by atoms with Gasteiger partial charge in [-0.3, -0.25) is 0 Å². The molecular weight excluding hydrogens is 342 g/mol. The van der Waals surface area contributed by atoms with Gasteiger partial charge in [0.1, 0.15) is 0 Å². The highest BCUT2D eigenvalue weighted by Crippen LogP contribution is 2.47. The van der Waals surface area contributed by atoms with E-state index in [1.807, 2.05) is 0 Å². The van der Waals surface area contributed by atoms with Crippen molar-refractivity contribution in [1.82, 2.24) is 15.0 Å². The fourth-order valence-electron chi connectivity index (χ4n) is 3.08. The summed E-state index contributed by atoms with van der Waals surface area (Å²) in [7, 11) is -3.85. The molecule has 0 fully saturated rings. The van der Waals surface area contributed by atoms with Gasteiger partial charge in [0.05, 0.1) is 21.7 Å². The SMILES string of the molecule is CC1(C)c2cnc(NS(=O)(=O)c3ccc(N)cc3)nc2C(C)(C)N1[O]. The number of nitrogens with one attached hydrogen (secondary N) is 1. The lowest BCUT2D eigenvalue weighted by Crippen LogP contribution is -2.41. The number of nitrogen functional groups attached to an aromatic ring is 1. The first-order valence-corrected chi connectivity index (χ1v) is 9.18. The Bertz CT molecular complexity index is 923. The first-order chi connectivity index (χ1) is 11.5. The van der Waals surface area contributed by atoms with E-state index in [1.54, 1.807) is 27.7 Å². The molecule has 0 bridgehead atoms. The van der Waals surface area contributed by atoms with Gasteiger partial charge in [-0.1, -0.05) is 0 Å². The summed E-state index contributed by atoms with van der Waals surface area (Å²) >= 11 is 0. The van der Waals surface area contributed by atoms with Crippen LogP contribution in [0.25, 0.3) is 0 Å². The molecule has 1 aromatic heterocycles. The van der Waals surface area contributed by atoms with E-state index in [1.165, 1.54) is 30.5 Å². The molecule has 9 heteroatoms. The number of hydrogen-bond donors (Lipinski definition) is 2. The molecule has 1 aromatic carbocycles. The van der Waals surface area contributed by atoms with Crippen LogP contribution in [0.1, 0.15) is 39.0 Å². The third-order valence-corrected chi connectivity index (χ3v) is 5.80. The van der Waals surface area contributed by atoms with Gasteiger partial charge in [-0.05, 0) is 52.0 Å². The number of fused-ring (bicyclic) bond motifs is 1. The number of nitrogens with two attached hydrogens (primary N) is 1. The highest BCUT2D eigenvalue weighted by molar-refractivity contribution is 7.92. The van der Waals surface area contributed by atoms with Crippen LogP contribution in [0.4, 0.5) is 11.6 Å². The van der Waals surface area contributed by atoms with E-state index in [4.69, 9.17) is 5.73 Å². The largest absolute Gasteiger partial charge is 0.399 e. The number of nitrogens with zero attached hydrogens (tertiary/aromatic N) is 3. The van der Waals surface area contributed by atoms with E-state index in [9.17, 15) is 13.6 Å². The lowest BCUT2D eigenvalue weighted by Gasteiger charge is -2.31. The first-order valence-electron chi connectivity index (χ1n) is 7.70. The van der Waals surface area contributed by atoms with Crippen molar-refractivity contribution in [2.75, 3.05) is 10.5 Å². The number of benzene rings is 1. The Labute approximate surface area is 146 Å². The summed E-state index contributed by atoms with van der Waals surface area (Å²) in [5, 5.41) is 13.5. The number of aromatic nitrogens is 2. The highest BCUT2D eigenvalue weighted by atomic mass is 32.2. The third kappa shape index (κ3) is 2.74. The van der Waals surface area contributed by atoms with Crippen LogP contribution < -0.4 is 10.5 Å². The van der Waals surface area contributed by atoms with Crippen LogP contribution in [0, 0.1) is 0 Å². The molecule has 1 aliphatic rings. The fourth-order valence-corrected chi connectivity index (χ4v) is 4.03. The van der Waals surface area contributed by atoms with E-state index in [0.29, 0.717) is 16.9 Å². The van der Waals surface area contributed by atoms with Crippen LogP contribution >= 0.6 is 0 Å². The van der Waals surface area contributed by atoms with Crippen LogP contribution in [-0.2, 0) is 26.3 Å². The van der Waals surface area contributed by atoms with Gasteiger partial charge < -0.3 is 5.73 Å². The summed E-state index contributed by atoms with van der Waals surface area (Å²) < 4.78 is 27.3. The van der Waals surface area contributed by atoms with Crippen molar-refractivity contribution in [3.63, 3.8) is 0 Å². The predicted octanol–water partition coefficient (Wildman–Crippen LogP) is 1.99. The molecule has 8 nitrogen and oxygen atoms in total. The minimum absolute atomic E-state index is 0.0517. The second-order valence-electron chi connectivity index (χ2n) is 7.04. The second-order valence-corrected chi connectivity index (χ2v) is 8.73. The fraction of sp³-hybridized carbons (Fsp3) is 0.375. The number of sulfonamides is 1. The topological polar surface area (TPSA) is 121 Å². The van der Waals surface area contributed by atoms with Crippen molar-refractivity contribution >= 4 is 21.7 Å². The monoisotopic (exact) mass is 362 g/mol. The van der Waals surface area contributed by atoms with E-state index >= 15 is 0 Å². The smallest absolute Gasteiger partial charge is 0.264 e. The molecule has 0 saturated heterocycles. The quantitative estimate of drug-likeness (QED) is 0.805. The minimum Gasteiger partial charge on any atom is -0.399 e. The van der Waals surface area contributed by atoms with E-state index in [-0.39, 0.29) is 10.8 Å². The standard InChI is InChI=1S/C16H20N5O3S/c1-15(2)12-9-18-14(19-13(12)16(3,4)21(15)22)20-25(23,24)11-7-5-10(17)6-8-11/h5-9H,17H2,1-4H3,(H,18,19,20). The molecule has 0 aliphatic carbocycles. The molecule has 2 heterocycles. The summed E-state index contributed by atoms with van der Waals surface area (Å²) in [5.41, 5.74) is 5.57. The molecule has 3 N–H and O–H groups in total. The number of rotatable bonds is 3. The molecule has 0 unspecified atom stereocenters. The van der Waals surface area contributed by atoms with Gasteiger partial charge in [-0.2, -0.15) is 0 Å². The summed E-state index contributed by atoms with van der Waals surface area (Å²) in [5.74, 6) is -0.0743. The van der Waals surface area contributed by atoms with Crippen molar-refractivity contribution in [3.05, 3.63) is 41.7 Å². The maximum absolute atomic E-state index is 12.6. The van der Waals surface area contributed by atoms with Gasteiger partial charge in [0.25, 0.3) is 10.0 Å². The summed E-state index contributed by atoms with van der Waals surface area (Å²) in [6, 6.07) is 5.80. The van der Waals surface area contributed by atoms with Gasteiger partial charge in [0, 0.05) is 17.4 Å². The van der Waals surface area contributed by atoms with Crippen molar-refractivity contribution < 1.29 is 13.6 Å². The maximum atomic E-state index is 12.6. The van der Waals surface area contributed by atoms with Gasteiger partial charge in [-0.15, -0.1) is 10.3 Å². The van der Waals surface area contributed by atoms with Gasteiger partial charge in [0.15, 0.2) is 0 Å². The highest BCUT2D eigenvalue weighted by Gasteiger charge is 2.51. The van der Waals surface area contributed by atoms with Gasteiger partial charge in [0.2, 0.25) is 5.95 Å². The Kier molecular flexibility index (Phi) is 3.79. The van der Waals surface area contributed by atoms with Crippen LogP contribution in [0.15, 0.2) is 35.4 Å². The van der Waals surface area contributed by atoms with E-state index in [2.05, 4.69) is 14.7 Å². The number of anilines is 2. The number of hydrogen-bond acceptors (Lipinski definition) is 6. The molecular formula is C16H20N5O3S. The van der Waals surface area contributed by atoms with Crippen molar-refractivity contribution in [2.45, 2.75) is 43.7 Å². The molecule has 0 saturated carbocycles. The lowest BCUT2D eigenvalue weighted by atomic mass is 9.97. The summed E-state index contributed by atoms with van der Waals surface area (Å²) in [4.78, 5) is 8.45. The zero-order valence-electron chi connectivity index (χ0n) is 14.4. The Morgan fingerprint density at radius 3 is 2.28 bits per heavy atom. The normalized spacial score (nSPS) is 18.8. The van der Waals surface area contributed by atoms with Gasteiger partial charge in [-0.25, -0.2) is 23.1 Å². The molecule has 0 spiro atoms. The van der Waals surface area contributed by atoms with Crippen LogP contribution in [0.2, 0.25) is 0 Å². The van der Waals surface area contributed by atoms with Crippen molar-refractivity contribution in [2.24, 2.45) is 0 Å². The van der Waals surface area contributed by atoms with E-state index < -0.39 is 21.1 Å². The van der Waals surface area contributed by atoms with E-state index in [0.717, 1.165) is 5.06 Å². The molecule has 0 atom stereocenters. The zero-order valence-corrected chi connectivity index (χ0v) is 15.3. The average Bonchev–Trinajstić information content (AvgIpc) is 2.66. The number of hydroxylamine groups is 2. The molecule has 1 aliphatic heterocycles. The van der Waals surface area contributed by atoms with Gasteiger partial charge >= 0.3 is 0 Å². The molecule has 1 radical (unpaired) electrons. The average molecular weight is 362 g/mol. The first kappa shape index (κ1) is 17.6. The molecule has 25 heavy (non-hydrogen) atoms. The maximum Gasteiger partial charge on any atom is 0.264 e. The Morgan fingerprint density at radius 1 is 1.08 bits per heavy atom. The zero-order chi connectivity index (χ0) is 18.6. The Hall–Kier alpha value is -2.23. The lowest BCUT2D eigenvalue weighted by molar-refractivity contribution is -0.266. The molecule has 2 aromatic rings.